The van der Waals surface area contributed by atoms with E-state index in [0.29, 0.717) is 0 Å². The van der Waals surface area contributed by atoms with Crippen LogP contribution >= 0.6 is 23.2 Å². The molecule has 0 radical (unpaired) electrons. The van der Waals surface area contributed by atoms with Gasteiger partial charge >= 0.3 is 0 Å². The average molecular weight is 279 g/mol. The van der Waals surface area contributed by atoms with E-state index in [0.717, 1.165) is 21.7 Å². The molecule has 18 heavy (non-hydrogen) atoms. The smallest absolute Gasteiger partial charge is 0.0836 e. The first-order valence-electron chi connectivity index (χ1n) is 5.96. The normalized spacial score (nSPS) is 12.5. The minimum absolute atomic E-state index is 0.151. The molecule has 1 atom stereocenters. The highest BCUT2D eigenvalue weighted by Gasteiger charge is 2.12. The molecular weight excluding hydrogens is 263 g/mol. The van der Waals surface area contributed by atoms with Crippen molar-refractivity contribution in [2.24, 2.45) is 0 Å². The van der Waals surface area contributed by atoms with E-state index in [-0.39, 0.29) is 5.38 Å². The molecule has 0 saturated heterocycles. The van der Waals surface area contributed by atoms with Gasteiger partial charge < -0.3 is 0 Å². The van der Waals surface area contributed by atoms with Crippen LogP contribution in [-0.4, -0.2) is 0 Å². The highest BCUT2D eigenvalue weighted by Crippen LogP contribution is 2.32. The molecule has 94 valence electrons. The van der Waals surface area contributed by atoms with E-state index in [9.17, 15) is 0 Å². The third-order valence-electron chi connectivity index (χ3n) is 3.31. The molecule has 0 amide bonds. The SMILES string of the molecule is Cc1ccc(C(Cl)c2ccc(C)c(Cl)c2)cc1C. The molecule has 0 N–H and O–H groups in total. The summed E-state index contributed by atoms with van der Waals surface area (Å²) in [6.45, 7) is 6.20. The fourth-order valence-electron chi connectivity index (χ4n) is 1.88. The lowest BCUT2D eigenvalue weighted by Crippen LogP contribution is -1.95. The Morgan fingerprint density at radius 2 is 1.33 bits per heavy atom. The van der Waals surface area contributed by atoms with Crippen LogP contribution in [0.5, 0.6) is 0 Å². The van der Waals surface area contributed by atoms with Crippen LogP contribution in [0.3, 0.4) is 0 Å². The van der Waals surface area contributed by atoms with Gasteiger partial charge in [0.05, 0.1) is 5.38 Å². The Hall–Kier alpha value is -0.980. The molecule has 2 aromatic rings. The van der Waals surface area contributed by atoms with Crippen molar-refractivity contribution in [3.8, 4) is 0 Å². The highest BCUT2D eigenvalue weighted by atomic mass is 35.5. The minimum atomic E-state index is -0.151. The Morgan fingerprint density at radius 3 is 1.89 bits per heavy atom. The summed E-state index contributed by atoms with van der Waals surface area (Å²) in [7, 11) is 0. The van der Waals surface area contributed by atoms with E-state index >= 15 is 0 Å². The molecular formula is C16H16Cl2. The van der Waals surface area contributed by atoms with E-state index in [2.05, 4.69) is 32.0 Å². The second kappa shape index (κ2) is 5.34. The van der Waals surface area contributed by atoms with Crippen molar-refractivity contribution in [1.82, 2.24) is 0 Å². The molecule has 2 aromatic carbocycles. The van der Waals surface area contributed by atoms with E-state index in [4.69, 9.17) is 23.2 Å². The molecule has 0 heterocycles. The lowest BCUT2D eigenvalue weighted by Gasteiger charge is -2.13. The molecule has 0 aliphatic heterocycles. The van der Waals surface area contributed by atoms with E-state index in [1.807, 2.05) is 25.1 Å². The molecule has 0 nitrogen and oxygen atoms in total. The number of hydrogen-bond acceptors (Lipinski definition) is 0. The number of halogens is 2. The average Bonchev–Trinajstić information content (AvgIpc) is 2.35. The molecule has 1 unspecified atom stereocenters. The lowest BCUT2D eigenvalue weighted by atomic mass is 9.99. The largest absolute Gasteiger partial charge is 0.113 e. The standard InChI is InChI=1S/C16H16Cl2/c1-10-4-6-13(8-12(10)3)16(18)14-7-5-11(2)15(17)9-14/h4-9,16H,1-3H3. The third kappa shape index (κ3) is 2.71. The van der Waals surface area contributed by atoms with Crippen LogP contribution in [-0.2, 0) is 0 Å². The van der Waals surface area contributed by atoms with Crippen molar-refractivity contribution in [3.63, 3.8) is 0 Å². The molecule has 0 aliphatic carbocycles. The first kappa shape index (κ1) is 13.5. The molecule has 2 heteroatoms. The predicted molar refractivity (Wildman–Crippen MR) is 79.8 cm³/mol. The van der Waals surface area contributed by atoms with Gasteiger partial charge in [-0.2, -0.15) is 0 Å². The maximum absolute atomic E-state index is 6.52. The Morgan fingerprint density at radius 1 is 0.778 bits per heavy atom. The van der Waals surface area contributed by atoms with Gasteiger partial charge in [-0.15, -0.1) is 11.6 Å². The molecule has 0 bridgehead atoms. The summed E-state index contributed by atoms with van der Waals surface area (Å²) in [5.41, 5.74) is 5.76. The van der Waals surface area contributed by atoms with Crippen LogP contribution < -0.4 is 0 Å². The van der Waals surface area contributed by atoms with E-state index in [1.54, 1.807) is 0 Å². The summed E-state index contributed by atoms with van der Waals surface area (Å²) in [5.74, 6) is 0. The van der Waals surface area contributed by atoms with Gasteiger partial charge in [-0.05, 0) is 54.7 Å². The maximum Gasteiger partial charge on any atom is 0.0836 e. The summed E-state index contributed by atoms with van der Waals surface area (Å²) in [4.78, 5) is 0. The predicted octanol–water partition coefficient (Wildman–Crippen LogP) is 5.59. The molecule has 0 spiro atoms. The van der Waals surface area contributed by atoms with Gasteiger partial charge in [-0.1, -0.05) is 41.9 Å². The molecule has 0 saturated carbocycles. The van der Waals surface area contributed by atoms with Crippen LogP contribution in [0.2, 0.25) is 5.02 Å². The summed E-state index contributed by atoms with van der Waals surface area (Å²) in [6, 6.07) is 12.3. The van der Waals surface area contributed by atoms with Gasteiger partial charge in [0, 0.05) is 5.02 Å². The van der Waals surface area contributed by atoms with Crippen LogP contribution in [0.4, 0.5) is 0 Å². The van der Waals surface area contributed by atoms with Gasteiger partial charge in [0.25, 0.3) is 0 Å². The van der Waals surface area contributed by atoms with Crippen LogP contribution in [0, 0.1) is 20.8 Å². The Labute approximate surface area is 119 Å². The minimum Gasteiger partial charge on any atom is -0.113 e. The van der Waals surface area contributed by atoms with Crippen molar-refractivity contribution in [2.75, 3.05) is 0 Å². The Balaban J connectivity index is 2.37. The Kier molecular flexibility index (Phi) is 3.99. The monoisotopic (exact) mass is 278 g/mol. The number of rotatable bonds is 2. The van der Waals surface area contributed by atoms with Crippen LogP contribution in [0.25, 0.3) is 0 Å². The Bertz CT molecular complexity index is 522. The number of benzene rings is 2. The summed E-state index contributed by atoms with van der Waals surface area (Å²) in [6.07, 6.45) is 0. The lowest BCUT2D eigenvalue weighted by molar-refractivity contribution is 1.12. The summed E-state index contributed by atoms with van der Waals surface area (Å²) < 4.78 is 0. The number of aryl methyl sites for hydroxylation is 3. The van der Waals surface area contributed by atoms with E-state index in [1.165, 1.54) is 11.1 Å². The molecule has 2 rings (SSSR count). The number of alkyl halides is 1. The fraction of sp³-hybridized carbons (Fsp3) is 0.250. The summed E-state index contributed by atoms with van der Waals surface area (Å²) >= 11 is 12.7. The third-order valence-corrected chi connectivity index (χ3v) is 4.22. The highest BCUT2D eigenvalue weighted by molar-refractivity contribution is 6.31. The van der Waals surface area contributed by atoms with Crippen molar-refractivity contribution < 1.29 is 0 Å². The van der Waals surface area contributed by atoms with Crippen molar-refractivity contribution in [2.45, 2.75) is 26.1 Å². The van der Waals surface area contributed by atoms with Gasteiger partial charge in [-0.3, -0.25) is 0 Å². The molecule has 0 aliphatic rings. The maximum atomic E-state index is 6.52. The van der Waals surface area contributed by atoms with Crippen LogP contribution in [0.1, 0.15) is 33.2 Å². The second-order valence-electron chi connectivity index (χ2n) is 4.71. The summed E-state index contributed by atoms with van der Waals surface area (Å²) in [5, 5.41) is 0.615. The van der Waals surface area contributed by atoms with Gasteiger partial charge in [-0.25, -0.2) is 0 Å². The van der Waals surface area contributed by atoms with Gasteiger partial charge in [0.2, 0.25) is 0 Å². The van der Waals surface area contributed by atoms with Crippen molar-refractivity contribution in [1.29, 1.82) is 0 Å². The molecule has 0 fully saturated rings. The van der Waals surface area contributed by atoms with Gasteiger partial charge in [0.1, 0.15) is 0 Å². The quantitative estimate of drug-likeness (QED) is 0.628. The molecule has 0 aromatic heterocycles. The zero-order valence-electron chi connectivity index (χ0n) is 10.8. The zero-order valence-corrected chi connectivity index (χ0v) is 12.3. The van der Waals surface area contributed by atoms with Crippen LogP contribution in [0.15, 0.2) is 36.4 Å². The zero-order chi connectivity index (χ0) is 13.3. The van der Waals surface area contributed by atoms with Crippen molar-refractivity contribution in [3.05, 3.63) is 69.2 Å². The van der Waals surface area contributed by atoms with Crippen molar-refractivity contribution >= 4 is 23.2 Å². The topological polar surface area (TPSA) is 0 Å². The van der Waals surface area contributed by atoms with Gasteiger partial charge in [0.15, 0.2) is 0 Å². The number of hydrogen-bond donors (Lipinski definition) is 0. The fourth-order valence-corrected chi connectivity index (χ4v) is 2.34. The van der Waals surface area contributed by atoms with E-state index < -0.39 is 0 Å². The second-order valence-corrected chi connectivity index (χ2v) is 5.56. The first-order chi connectivity index (χ1) is 8.49. The first-order valence-corrected chi connectivity index (χ1v) is 6.78.